The number of aryl methyl sites for hydroxylation is 2. The Morgan fingerprint density at radius 1 is 1.50 bits per heavy atom. The van der Waals surface area contributed by atoms with Gasteiger partial charge < -0.3 is 10.2 Å². The quantitative estimate of drug-likeness (QED) is 0.824. The van der Waals surface area contributed by atoms with Crippen LogP contribution in [-0.2, 0) is 13.0 Å². The second-order valence-electron chi connectivity index (χ2n) is 5.81. The van der Waals surface area contributed by atoms with Crippen molar-refractivity contribution in [3.8, 4) is 0 Å². The van der Waals surface area contributed by atoms with Crippen molar-refractivity contribution in [3.63, 3.8) is 0 Å². The number of thiazole rings is 1. The van der Waals surface area contributed by atoms with Crippen LogP contribution in [0.2, 0.25) is 0 Å². The molecular weight excluding hydrogens is 366 g/mol. The molecule has 9 heteroatoms. The summed E-state index contributed by atoms with van der Waals surface area (Å²) in [5.41, 5.74) is 3.65. The highest BCUT2D eigenvalue weighted by Crippen LogP contribution is 2.22. The summed E-state index contributed by atoms with van der Waals surface area (Å²) in [7, 11) is 0. The number of nitrogens with zero attached hydrogens (tertiary/aromatic N) is 4. The lowest BCUT2D eigenvalue weighted by Crippen LogP contribution is -2.35. The van der Waals surface area contributed by atoms with Gasteiger partial charge in [0, 0.05) is 11.4 Å². The highest BCUT2D eigenvalue weighted by atomic mass is 35.5. The van der Waals surface area contributed by atoms with Gasteiger partial charge in [-0.05, 0) is 50.3 Å². The number of rotatable bonds is 6. The van der Waals surface area contributed by atoms with Crippen LogP contribution >= 0.6 is 35.3 Å². The molecule has 6 nitrogen and oxygen atoms in total. The molecule has 2 aromatic rings. The van der Waals surface area contributed by atoms with Gasteiger partial charge >= 0.3 is 0 Å². The topological polar surface area (TPSA) is 71.0 Å². The first-order valence-electron chi connectivity index (χ1n) is 7.89. The number of carbonyl (C=O) groups is 1. The average molecular weight is 388 g/mol. The molecular formula is C15H22ClN5OS2. The zero-order valence-corrected chi connectivity index (χ0v) is 16.3. The maximum Gasteiger partial charge on any atom is 0.267 e. The standard InChI is InChI=1S/C15H21N5OS2.ClH/c1-3-12-14(23-19-18-12)15(21)20(7-11-4-5-16-6-11)8-13-10(2)17-9-22-13;/h9,11,16H,3-8H2,1-2H3;1H. The largest absolute Gasteiger partial charge is 0.332 e. The Morgan fingerprint density at radius 2 is 2.33 bits per heavy atom. The van der Waals surface area contributed by atoms with Gasteiger partial charge in [0.25, 0.3) is 5.91 Å². The minimum atomic E-state index is 0. The highest BCUT2D eigenvalue weighted by Gasteiger charge is 2.26. The van der Waals surface area contributed by atoms with Crippen LogP contribution in [0, 0.1) is 12.8 Å². The van der Waals surface area contributed by atoms with Crippen LogP contribution in [0.4, 0.5) is 0 Å². The Balaban J connectivity index is 0.00000208. The van der Waals surface area contributed by atoms with E-state index < -0.39 is 0 Å². The van der Waals surface area contributed by atoms with Crippen LogP contribution in [0.1, 0.15) is 39.3 Å². The third-order valence-electron chi connectivity index (χ3n) is 4.19. The number of hydrogen-bond donors (Lipinski definition) is 1. The summed E-state index contributed by atoms with van der Waals surface area (Å²) in [6.45, 7) is 7.40. The van der Waals surface area contributed by atoms with E-state index in [0.717, 1.165) is 48.7 Å². The first kappa shape index (κ1) is 19.2. The van der Waals surface area contributed by atoms with E-state index in [9.17, 15) is 4.79 Å². The van der Waals surface area contributed by atoms with Crippen molar-refractivity contribution in [3.05, 3.63) is 26.7 Å². The molecule has 3 rings (SSSR count). The molecule has 132 valence electrons. The molecule has 1 aliphatic rings. The number of nitrogens with one attached hydrogen (secondary N) is 1. The number of hydrogen-bond acceptors (Lipinski definition) is 7. The van der Waals surface area contributed by atoms with E-state index in [2.05, 4.69) is 19.9 Å². The molecule has 0 aliphatic carbocycles. The molecule has 1 unspecified atom stereocenters. The third-order valence-corrected chi connectivity index (χ3v) is 5.87. The first-order chi connectivity index (χ1) is 11.2. The van der Waals surface area contributed by atoms with Crippen molar-refractivity contribution in [2.75, 3.05) is 19.6 Å². The fraction of sp³-hybridized carbons (Fsp3) is 0.600. The molecule has 1 fully saturated rings. The number of aromatic nitrogens is 3. The average Bonchev–Trinajstić information content (AvgIpc) is 3.28. The lowest BCUT2D eigenvalue weighted by Gasteiger charge is -2.25. The zero-order chi connectivity index (χ0) is 16.2. The second-order valence-corrected chi connectivity index (χ2v) is 7.50. The van der Waals surface area contributed by atoms with E-state index in [4.69, 9.17) is 0 Å². The monoisotopic (exact) mass is 387 g/mol. The van der Waals surface area contributed by atoms with E-state index in [0.29, 0.717) is 17.3 Å². The van der Waals surface area contributed by atoms with Gasteiger partial charge in [0.05, 0.1) is 23.4 Å². The van der Waals surface area contributed by atoms with Crippen LogP contribution < -0.4 is 5.32 Å². The Kier molecular flexibility index (Phi) is 7.09. The minimum Gasteiger partial charge on any atom is -0.332 e. The van der Waals surface area contributed by atoms with Gasteiger partial charge in [-0.15, -0.1) is 28.8 Å². The van der Waals surface area contributed by atoms with Crippen molar-refractivity contribution in [1.82, 2.24) is 24.8 Å². The molecule has 2 aromatic heterocycles. The first-order valence-corrected chi connectivity index (χ1v) is 9.54. The van der Waals surface area contributed by atoms with Crippen molar-refractivity contribution in [2.24, 2.45) is 5.92 Å². The Morgan fingerprint density at radius 3 is 2.96 bits per heavy atom. The summed E-state index contributed by atoms with van der Waals surface area (Å²) >= 11 is 2.82. The van der Waals surface area contributed by atoms with E-state index in [1.54, 1.807) is 11.3 Å². The summed E-state index contributed by atoms with van der Waals surface area (Å²) < 4.78 is 3.96. The van der Waals surface area contributed by atoms with E-state index in [1.165, 1.54) is 11.5 Å². The van der Waals surface area contributed by atoms with E-state index in [-0.39, 0.29) is 18.3 Å². The summed E-state index contributed by atoms with van der Waals surface area (Å²) in [5.74, 6) is 0.565. The van der Waals surface area contributed by atoms with Gasteiger partial charge in [-0.3, -0.25) is 4.79 Å². The predicted molar refractivity (Wildman–Crippen MR) is 99.1 cm³/mol. The molecule has 1 N–H and O–H groups in total. The molecule has 0 spiro atoms. The van der Waals surface area contributed by atoms with Gasteiger partial charge in [0.2, 0.25) is 0 Å². The van der Waals surface area contributed by atoms with Crippen molar-refractivity contribution in [2.45, 2.75) is 33.2 Å². The van der Waals surface area contributed by atoms with Crippen LogP contribution in [0.25, 0.3) is 0 Å². The van der Waals surface area contributed by atoms with Crippen LogP contribution in [0.15, 0.2) is 5.51 Å². The molecule has 0 saturated carbocycles. The summed E-state index contributed by atoms with van der Waals surface area (Å²) in [4.78, 5) is 21.1. The van der Waals surface area contributed by atoms with Crippen molar-refractivity contribution in [1.29, 1.82) is 0 Å². The summed E-state index contributed by atoms with van der Waals surface area (Å²) in [5, 5.41) is 7.46. The Bertz CT molecular complexity index is 668. The van der Waals surface area contributed by atoms with Crippen molar-refractivity contribution >= 4 is 41.2 Å². The third kappa shape index (κ3) is 4.30. The summed E-state index contributed by atoms with van der Waals surface area (Å²) in [6.07, 6.45) is 1.85. The molecule has 24 heavy (non-hydrogen) atoms. The zero-order valence-electron chi connectivity index (χ0n) is 13.8. The Labute approximate surface area is 156 Å². The normalized spacial score (nSPS) is 16.8. The second kappa shape index (κ2) is 8.84. The minimum absolute atomic E-state index is 0. The number of halogens is 1. The summed E-state index contributed by atoms with van der Waals surface area (Å²) in [6, 6.07) is 0. The SMILES string of the molecule is CCc1nnsc1C(=O)N(Cc1scnc1C)CC1CCNC1.Cl. The fourth-order valence-corrected chi connectivity index (χ4v) is 4.31. The molecule has 0 radical (unpaired) electrons. The van der Waals surface area contributed by atoms with Crippen LogP contribution in [0.5, 0.6) is 0 Å². The number of carbonyl (C=O) groups excluding carboxylic acids is 1. The molecule has 0 bridgehead atoms. The van der Waals surface area contributed by atoms with Gasteiger partial charge in [-0.2, -0.15) is 0 Å². The van der Waals surface area contributed by atoms with Gasteiger partial charge in [-0.1, -0.05) is 11.4 Å². The lowest BCUT2D eigenvalue weighted by atomic mass is 10.1. The molecule has 0 aromatic carbocycles. The van der Waals surface area contributed by atoms with Crippen molar-refractivity contribution < 1.29 is 4.79 Å². The molecule has 3 heterocycles. The fourth-order valence-electron chi connectivity index (χ4n) is 2.80. The maximum atomic E-state index is 13.0. The molecule has 1 aliphatic heterocycles. The smallest absolute Gasteiger partial charge is 0.267 e. The molecule has 1 saturated heterocycles. The predicted octanol–water partition coefficient (Wildman–Crippen LogP) is 2.54. The van der Waals surface area contributed by atoms with E-state index >= 15 is 0 Å². The van der Waals surface area contributed by atoms with Gasteiger partial charge in [-0.25, -0.2) is 4.98 Å². The van der Waals surface area contributed by atoms with E-state index in [1.807, 2.05) is 24.3 Å². The highest BCUT2D eigenvalue weighted by molar-refractivity contribution is 7.09. The van der Waals surface area contributed by atoms with Gasteiger partial charge in [0.1, 0.15) is 4.88 Å². The molecule has 1 amide bonds. The van der Waals surface area contributed by atoms with Gasteiger partial charge in [0.15, 0.2) is 0 Å². The Hall–Kier alpha value is -1.09. The van der Waals surface area contributed by atoms with Crippen LogP contribution in [0.3, 0.4) is 0 Å². The lowest BCUT2D eigenvalue weighted by molar-refractivity contribution is 0.0724. The maximum absolute atomic E-state index is 13.0. The van der Waals surface area contributed by atoms with Crippen LogP contribution in [-0.4, -0.2) is 45.0 Å². The molecule has 1 atom stereocenters. The number of amides is 1.